The van der Waals surface area contributed by atoms with Crippen molar-refractivity contribution >= 4 is 45.0 Å². The van der Waals surface area contributed by atoms with Crippen LogP contribution in [0.3, 0.4) is 0 Å². The Morgan fingerprint density at radius 2 is 2.22 bits per heavy atom. The molecule has 7 nitrogen and oxygen atoms in total. The molecule has 27 heavy (non-hydrogen) atoms. The van der Waals surface area contributed by atoms with Crippen molar-refractivity contribution < 1.29 is 22.4 Å². The highest BCUT2D eigenvalue weighted by Crippen LogP contribution is 2.37. The normalized spacial score (nSPS) is 16.5. The monoisotopic (exact) mass is 430 g/mol. The highest BCUT2D eigenvalue weighted by molar-refractivity contribution is 7.98. The van der Waals surface area contributed by atoms with Gasteiger partial charge in [-0.25, -0.2) is 8.42 Å². The lowest BCUT2D eigenvalue weighted by Crippen LogP contribution is -2.50. The summed E-state index contributed by atoms with van der Waals surface area (Å²) in [4.78, 5) is 12.4. The average molecular weight is 431 g/mol. The summed E-state index contributed by atoms with van der Waals surface area (Å²) in [7, 11) is -3.58. The SMILES string of the molecule is CS(=O)(=O)N1C[C@@H](C(=O)NCCSCc2ccco2)Oc2ccc(Cl)cc21. The second-order valence-corrected chi connectivity index (χ2v) is 9.38. The third-order valence-corrected chi connectivity index (χ3v) is 6.22. The number of hydrogen-bond donors (Lipinski definition) is 1. The van der Waals surface area contributed by atoms with Crippen molar-refractivity contribution in [1.82, 2.24) is 5.32 Å². The van der Waals surface area contributed by atoms with Gasteiger partial charge in [0.25, 0.3) is 5.91 Å². The lowest BCUT2D eigenvalue weighted by atomic mass is 10.2. The molecular formula is C17H19ClN2O5S2. The standard InChI is InChI=1S/C17H19ClN2O5S2/c1-27(22,23)20-10-16(25-15-5-4-12(18)9-14(15)20)17(21)19-6-8-26-11-13-3-2-7-24-13/h2-5,7,9,16H,6,8,10-11H2,1H3,(H,19,21)/t16-/m0/s1. The topological polar surface area (TPSA) is 88.9 Å². The van der Waals surface area contributed by atoms with Crippen molar-refractivity contribution in [3.05, 3.63) is 47.4 Å². The first-order chi connectivity index (χ1) is 12.8. The zero-order chi connectivity index (χ0) is 19.4. The summed E-state index contributed by atoms with van der Waals surface area (Å²) >= 11 is 7.59. The van der Waals surface area contributed by atoms with Gasteiger partial charge in [0.1, 0.15) is 11.5 Å². The molecule has 0 unspecified atom stereocenters. The number of nitrogens with zero attached hydrogens (tertiary/aromatic N) is 1. The predicted octanol–water partition coefficient (Wildman–Crippen LogP) is 2.51. The Bertz CT molecular complexity index is 902. The van der Waals surface area contributed by atoms with Gasteiger partial charge in [-0.15, -0.1) is 0 Å². The number of thioether (sulfide) groups is 1. The van der Waals surface area contributed by atoms with Crippen LogP contribution in [0.4, 0.5) is 5.69 Å². The molecule has 0 spiro atoms. The fraction of sp³-hybridized carbons (Fsp3) is 0.353. The molecule has 146 valence electrons. The first-order valence-corrected chi connectivity index (χ1v) is 11.5. The second-order valence-electron chi connectivity index (χ2n) is 5.94. The van der Waals surface area contributed by atoms with Gasteiger partial charge in [-0.1, -0.05) is 11.6 Å². The first kappa shape index (κ1) is 19.9. The van der Waals surface area contributed by atoms with Gasteiger partial charge in [0, 0.05) is 17.3 Å². The number of rotatable bonds is 7. The van der Waals surface area contributed by atoms with E-state index in [1.807, 2.05) is 12.1 Å². The van der Waals surface area contributed by atoms with Crippen LogP contribution >= 0.6 is 23.4 Å². The smallest absolute Gasteiger partial charge is 0.263 e. The Kier molecular flexibility index (Phi) is 6.23. The third kappa shape index (κ3) is 5.12. The zero-order valence-corrected chi connectivity index (χ0v) is 16.9. The van der Waals surface area contributed by atoms with Crippen molar-refractivity contribution in [2.75, 3.05) is 29.4 Å². The Morgan fingerprint density at radius 1 is 1.41 bits per heavy atom. The first-order valence-electron chi connectivity index (χ1n) is 8.16. The maximum Gasteiger partial charge on any atom is 0.263 e. The van der Waals surface area contributed by atoms with Crippen molar-refractivity contribution in [2.45, 2.75) is 11.9 Å². The summed E-state index contributed by atoms with van der Waals surface area (Å²) in [5.74, 6) is 2.24. The largest absolute Gasteiger partial charge is 0.476 e. The number of furan rings is 1. The molecule has 1 N–H and O–H groups in total. The molecule has 0 saturated carbocycles. The Morgan fingerprint density at radius 3 is 2.93 bits per heavy atom. The van der Waals surface area contributed by atoms with Crippen molar-refractivity contribution in [3.8, 4) is 5.75 Å². The van der Waals surface area contributed by atoms with Gasteiger partial charge in [-0.05, 0) is 30.3 Å². The van der Waals surface area contributed by atoms with E-state index < -0.39 is 16.1 Å². The predicted molar refractivity (Wildman–Crippen MR) is 106 cm³/mol. The molecule has 1 aliphatic rings. The number of carbonyl (C=O) groups excluding carboxylic acids is 1. The minimum absolute atomic E-state index is 0.0997. The molecule has 3 rings (SSSR count). The van der Waals surface area contributed by atoms with Crippen LogP contribution in [-0.4, -0.2) is 45.5 Å². The van der Waals surface area contributed by atoms with Crippen LogP contribution in [0.1, 0.15) is 5.76 Å². The molecule has 0 fully saturated rings. The molecule has 1 aromatic heterocycles. The third-order valence-electron chi connectivity index (χ3n) is 3.85. The van der Waals surface area contributed by atoms with E-state index >= 15 is 0 Å². The molecule has 0 aliphatic carbocycles. The fourth-order valence-corrected chi connectivity index (χ4v) is 4.43. The number of amides is 1. The Balaban J connectivity index is 1.58. The number of nitrogens with one attached hydrogen (secondary N) is 1. The molecule has 0 bridgehead atoms. The molecule has 2 aromatic rings. The van der Waals surface area contributed by atoms with E-state index in [4.69, 9.17) is 20.8 Å². The molecule has 10 heteroatoms. The van der Waals surface area contributed by atoms with E-state index in [0.717, 1.165) is 22.1 Å². The van der Waals surface area contributed by atoms with E-state index in [9.17, 15) is 13.2 Å². The van der Waals surface area contributed by atoms with Crippen molar-refractivity contribution in [1.29, 1.82) is 0 Å². The second kappa shape index (κ2) is 8.45. The van der Waals surface area contributed by atoms with Crippen LogP contribution in [0.15, 0.2) is 41.0 Å². The Hall–Kier alpha value is -1.84. The molecule has 2 heterocycles. The molecule has 1 atom stereocenters. The summed E-state index contributed by atoms with van der Waals surface area (Å²) < 4.78 is 36.3. The van der Waals surface area contributed by atoms with Crippen molar-refractivity contribution in [2.24, 2.45) is 0 Å². The van der Waals surface area contributed by atoms with Crippen LogP contribution in [0.2, 0.25) is 5.02 Å². The van der Waals surface area contributed by atoms with E-state index in [2.05, 4.69) is 5.32 Å². The van der Waals surface area contributed by atoms with Crippen LogP contribution in [0, 0.1) is 0 Å². The summed E-state index contributed by atoms with van der Waals surface area (Å²) in [6, 6.07) is 8.39. The number of anilines is 1. The minimum atomic E-state index is -3.58. The van der Waals surface area contributed by atoms with Crippen LogP contribution in [0.5, 0.6) is 5.75 Å². The van der Waals surface area contributed by atoms with Crippen LogP contribution < -0.4 is 14.4 Å². The molecule has 0 radical (unpaired) electrons. The minimum Gasteiger partial charge on any atom is -0.476 e. The van der Waals surface area contributed by atoms with Gasteiger partial charge in [0.05, 0.1) is 30.5 Å². The van der Waals surface area contributed by atoms with Gasteiger partial charge in [0.2, 0.25) is 10.0 Å². The molecule has 1 aromatic carbocycles. The number of carbonyl (C=O) groups is 1. The quantitative estimate of drug-likeness (QED) is 0.679. The van der Waals surface area contributed by atoms with Gasteiger partial charge >= 0.3 is 0 Å². The summed E-state index contributed by atoms with van der Waals surface area (Å²) in [5, 5.41) is 3.17. The lowest BCUT2D eigenvalue weighted by molar-refractivity contribution is -0.127. The number of sulfonamides is 1. The number of fused-ring (bicyclic) bond motifs is 1. The van der Waals surface area contributed by atoms with Crippen molar-refractivity contribution in [3.63, 3.8) is 0 Å². The lowest BCUT2D eigenvalue weighted by Gasteiger charge is -2.34. The number of halogens is 1. The molecular weight excluding hydrogens is 412 g/mol. The number of hydrogen-bond acceptors (Lipinski definition) is 6. The Labute approximate surface area is 167 Å². The molecule has 0 saturated heterocycles. The average Bonchev–Trinajstić information content (AvgIpc) is 3.13. The highest BCUT2D eigenvalue weighted by atomic mass is 35.5. The zero-order valence-electron chi connectivity index (χ0n) is 14.6. The van der Waals surface area contributed by atoms with Gasteiger partial charge in [-0.2, -0.15) is 11.8 Å². The summed E-state index contributed by atoms with van der Waals surface area (Å²) in [5.41, 5.74) is 0.336. The highest BCUT2D eigenvalue weighted by Gasteiger charge is 2.35. The van der Waals surface area contributed by atoms with Gasteiger partial charge < -0.3 is 14.5 Å². The molecule has 1 amide bonds. The van der Waals surface area contributed by atoms with Crippen LogP contribution in [-0.2, 0) is 20.6 Å². The van der Waals surface area contributed by atoms with Gasteiger partial charge in [-0.3, -0.25) is 9.10 Å². The fourth-order valence-electron chi connectivity index (χ4n) is 2.60. The van der Waals surface area contributed by atoms with E-state index in [-0.39, 0.29) is 12.5 Å². The number of benzene rings is 1. The molecule has 1 aliphatic heterocycles. The summed E-state index contributed by atoms with van der Waals surface area (Å²) in [6.45, 7) is 0.341. The maximum absolute atomic E-state index is 12.4. The van der Waals surface area contributed by atoms with E-state index in [1.165, 1.54) is 6.07 Å². The van der Waals surface area contributed by atoms with Gasteiger partial charge in [0.15, 0.2) is 6.10 Å². The van der Waals surface area contributed by atoms with E-state index in [0.29, 0.717) is 28.8 Å². The maximum atomic E-state index is 12.4. The van der Waals surface area contributed by atoms with Crippen LogP contribution in [0.25, 0.3) is 0 Å². The summed E-state index contributed by atoms with van der Waals surface area (Å²) in [6.07, 6.45) is 1.78. The van der Waals surface area contributed by atoms with E-state index in [1.54, 1.807) is 30.2 Å². The number of ether oxygens (including phenoxy) is 1.